The van der Waals surface area contributed by atoms with E-state index in [9.17, 15) is 9.59 Å². The number of hydrogen-bond acceptors (Lipinski definition) is 3. The summed E-state index contributed by atoms with van der Waals surface area (Å²) in [6, 6.07) is 14.1. The summed E-state index contributed by atoms with van der Waals surface area (Å²) in [6.07, 6.45) is 5.14. The summed E-state index contributed by atoms with van der Waals surface area (Å²) in [7, 11) is 0. The van der Waals surface area contributed by atoms with Gasteiger partial charge < -0.3 is 15.0 Å². The van der Waals surface area contributed by atoms with Crippen LogP contribution < -0.4 is 10.1 Å². The number of hydrogen-bond donors (Lipinski definition) is 1. The summed E-state index contributed by atoms with van der Waals surface area (Å²) in [5, 5.41) is 3.01. The zero-order chi connectivity index (χ0) is 19.1. The van der Waals surface area contributed by atoms with Gasteiger partial charge in [0.1, 0.15) is 5.75 Å². The van der Waals surface area contributed by atoms with Gasteiger partial charge in [-0.05, 0) is 67.1 Å². The fourth-order valence-corrected chi connectivity index (χ4v) is 3.69. The molecule has 5 heteroatoms. The minimum atomic E-state index is -0.00969. The van der Waals surface area contributed by atoms with Gasteiger partial charge in [0.25, 0.3) is 11.8 Å². The molecule has 0 spiro atoms. The van der Waals surface area contributed by atoms with E-state index in [0.29, 0.717) is 30.8 Å². The SMILES string of the molecule is O=C(NC1CC1)c1ccc(CN(C(=O)c2ccc3c(c2)CCO3)C2CC2)cc1. The zero-order valence-corrected chi connectivity index (χ0v) is 15.8. The molecule has 1 N–H and O–H groups in total. The smallest absolute Gasteiger partial charge is 0.254 e. The molecular weight excluding hydrogens is 352 g/mol. The third kappa shape index (κ3) is 3.61. The number of benzene rings is 2. The number of rotatable bonds is 6. The first-order chi connectivity index (χ1) is 13.7. The quantitative estimate of drug-likeness (QED) is 0.841. The van der Waals surface area contributed by atoms with Crippen molar-refractivity contribution >= 4 is 11.8 Å². The van der Waals surface area contributed by atoms with Crippen LogP contribution in [0.3, 0.4) is 0 Å². The molecule has 5 rings (SSSR count). The largest absolute Gasteiger partial charge is 0.493 e. The second-order valence-electron chi connectivity index (χ2n) is 8.03. The highest BCUT2D eigenvalue weighted by Crippen LogP contribution is 2.32. The second kappa shape index (κ2) is 6.97. The van der Waals surface area contributed by atoms with Gasteiger partial charge in [-0.1, -0.05) is 12.1 Å². The van der Waals surface area contributed by atoms with Gasteiger partial charge in [0, 0.05) is 36.2 Å². The van der Waals surface area contributed by atoms with Gasteiger partial charge in [0.05, 0.1) is 6.61 Å². The predicted molar refractivity (Wildman–Crippen MR) is 105 cm³/mol. The normalized spacial score (nSPS) is 17.6. The lowest BCUT2D eigenvalue weighted by Gasteiger charge is -2.23. The van der Waals surface area contributed by atoms with Crippen LogP contribution in [-0.4, -0.2) is 35.4 Å². The molecule has 0 bridgehead atoms. The van der Waals surface area contributed by atoms with Crippen LogP contribution in [0.4, 0.5) is 0 Å². The van der Waals surface area contributed by atoms with E-state index in [1.165, 1.54) is 0 Å². The van der Waals surface area contributed by atoms with Crippen LogP contribution in [0.25, 0.3) is 0 Å². The van der Waals surface area contributed by atoms with E-state index in [4.69, 9.17) is 4.74 Å². The topological polar surface area (TPSA) is 58.6 Å². The Morgan fingerprint density at radius 3 is 2.46 bits per heavy atom. The number of ether oxygens (including phenoxy) is 1. The Labute approximate surface area is 164 Å². The lowest BCUT2D eigenvalue weighted by molar-refractivity contribution is 0.0729. The molecule has 2 aliphatic carbocycles. The number of fused-ring (bicyclic) bond motifs is 1. The fraction of sp³-hybridized carbons (Fsp3) is 0.391. The summed E-state index contributed by atoms with van der Waals surface area (Å²) >= 11 is 0. The average Bonchev–Trinajstić information content (AvgIpc) is 3.65. The second-order valence-corrected chi connectivity index (χ2v) is 8.03. The van der Waals surface area contributed by atoms with Gasteiger partial charge in [-0.25, -0.2) is 0 Å². The molecule has 2 fully saturated rings. The molecular formula is C23H24N2O3. The average molecular weight is 376 g/mol. The first kappa shape index (κ1) is 17.3. The Morgan fingerprint density at radius 1 is 1.00 bits per heavy atom. The Morgan fingerprint density at radius 2 is 1.75 bits per heavy atom. The molecule has 0 saturated heterocycles. The molecule has 2 aromatic carbocycles. The molecule has 0 atom stereocenters. The first-order valence-corrected chi connectivity index (χ1v) is 10.1. The summed E-state index contributed by atoms with van der Waals surface area (Å²) in [5.74, 6) is 0.965. The molecule has 28 heavy (non-hydrogen) atoms. The number of nitrogens with zero attached hydrogens (tertiary/aromatic N) is 1. The number of amides is 2. The standard InChI is InChI=1S/C23H24N2O3/c26-22(24-19-6-7-19)16-3-1-15(2-4-16)14-25(20-8-9-20)23(27)18-5-10-21-17(13-18)11-12-28-21/h1-5,10,13,19-20H,6-9,11-12,14H2,(H,24,26). The predicted octanol–water partition coefficient (Wildman–Crippen LogP) is 3.32. The van der Waals surface area contributed by atoms with Gasteiger partial charge in [-0.3, -0.25) is 9.59 Å². The minimum absolute atomic E-state index is 0.00969. The van der Waals surface area contributed by atoms with E-state index in [1.54, 1.807) is 0 Å². The Bertz CT molecular complexity index is 914. The van der Waals surface area contributed by atoms with Crippen molar-refractivity contribution in [3.05, 3.63) is 64.7 Å². The van der Waals surface area contributed by atoms with E-state index in [2.05, 4.69) is 5.32 Å². The zero-order valence-electron chi connectivity index (χ0n) is 15.8. The van der Waals surface area contributed by atoms with Crippen molar-refractivity contribution in [3.8, 4) is 5.75 Å². The molecule has 2 saturated carbocycles. The Hall–Kier alpha value is -2.82. The maximum atomic E-state index is 13.2. The first-order valence-electron chi connectivity index (χ1n) is 10.1. The van der Waals surface area contributed by atoms with Crippen molar-refractivity contribution in [2.24, 2.45) is 0 Å². The van der Waals surface area contributed by atoms with Crippen molar-refractivity contribution < 1.29 is 14.3 Å². The molecule has 5 nitrogen and oxygen atoms in total. The number of carbonyl (C=O) groups excluding carboxylic acids is 2. The third-order valence-electron chi connectivity index (χ3n) is 5.67. The number of carbonyl (C=O) groups is 2. The highest BCUT2D eigenvalue weighted by molar-refractivity contribution is 5.95. The van der Waals surface area contributed by atoms with Crippen molar-refractivity contribution in [3.63, 3.8) is 0 Å². The van der Waals surface area contributed by atoms with E-state index < -0.39 is 0 Å². The van der Waals surface area contributed by atoms with Gasteiger partial charge in [0.15, 0.2) is 0 Å². The Balaban J connectivity index is 1.30. The monoisotopic (exact) mass is 376 g/mol. The molecule has 0 radical (unpaired) electrons. The van der Waals surface area contributed by atoms with Gasteiger partial charge in [-0.2, -0.15) is 0 Å². The molecule has 1 aliphatic heterocycles. The van der Waals surface area contributed by atoms with Crippen molar-refractivity contribution in [1.82, 2.24) is 10.2 Å². The molecule has 0 aromatic heterocycles. The molecule has 0 unspecified atom stereocenters. The van der Waals surface area contributed by atoms with Gasteiger partial charge >= 0.3 is 0 Å². The summed E-state index contributed by atoms with van der Waals surface area (Å²) in [4.78, 5) is 27.3. The van der Waals surface area contributed by atoms with Crippen LogP contribution >= 0.6 is 0 Å². The molecule has 3 aliphatic rings. The summed E-state index contributed by atoms with van der Waals surface area (Å²) < 4.78 is 5.55. The van der Waals surface area contributed by atoms with Crippen LogP contribution in [-0.2, 0) is 13.0 Å². The summed E-state index contributed by atoms with van der Waals surface area (Å²) in [5.41, 5.74) is 3.58. The van der Waals surface area contributed by atoms with Crippen LogP contribution in [0.2, 0.25) is 0 Å². The van der Waals surface area contributed by atoms with Crippen molar-refractivity contribution in [1.29, 1.82) is 0 Å². The lowest BCUT2D eigenvalue weighted by atomic mass is 10.1. The fourth-order valence-electron chi connectivity index (χ4n) is 3.69. The number of nitrogens with one attached hydrogen (secondary N) is 1. The highest BCUT2D eigenvalue weighted by atomic mass is 16.5. The van der Waals surface area contributed by atoms with Crippen LogP contribution in [0.15, 0.2) is 42.5 Å². The maximum absolute atomic E-state index is 13.2. The Kier molecular flexibility index (Phi) is 4.30. The van der Waals surface area contributed by atoms with Crippen LogP contribution in [0.1, 0.15) is 57.5 Å². The summed E-state index contributed by atoms with van der Waals surface area (Å²) in [6.45, 7) is 1.27. The van der Waals surface area contributed by atoms with Crippen LogP contribution in [0, 0.1) is 0 Å². The molecule has 2 aromatic rings. The van der Waals surface area contributed by atoms with E-state index in [-0.39, 0.29) is 11.8 Å². The molecule has 1 heterocycles. The van der Waals surface area contributed by atoms with Gasteiger partial charge in [-0.15, -0.1) is 0 Å². The van der Waals surface area contributed by atoms with Gasteiger partial charge in [0.2, 0.25) is 0 Å². The maximum Gasteiger partial charge on any atom is 0.254 e. The lowest BCUT2D eigenvalue weighted by Crippen LogP contribution is -2.32. The van der Waals surface area contributed by atoms with Crippen LogP contribution in [0.5, 0.6) is 5.75 Å². The van der Waals surface area contributed by atoms with E-state index in [1.807, 2.05) is 47.4 Å². The molecule has 144 valence electrons. The van der Waals surface area contributed by atoms with E-state index in [0.717, 1.165) is 54.5 Å². The van der Waals surface area contributed by atoms with E-state index >= 15 is 0 Å². The van der Waals surface area contributed by atoms with Crippen molar-refractivity contribution in [2.45, 2.75) is 50.7 Å². The molecule has 2 amide bonds. The highest BCUT2D eigenvalue weighted by Gasteiger charge is 2.33. The third-order valence-corrected chi connectivity index (χ3v) is 5.67. The van der Waals surface area contributed by atoms with Crippen molar-refractivity contribution in [2.75, 3.05) is 6.61 Å². The minimum Gasteiger partial charge on any atom is -0.493 e.